The predicted octanol–water partition coefficient (Wildman–Crippen LogP) is 2.12. The molecule has 0 aromatic rings. The Morgan fingerprint density at radius 3 is 2.64 bits per heavy atom. The van der Waals surface area contributed by atoms with Gasteiger partial charge < -0.3 is 15.5 Å². The summed E-state index contributed by atoms with van der Waals surface area (Å²) in [5.41, 5.74) is 0. The number of likely N-dealkylation sites (tertiary alicyclic amines) is 1. The van der Waals surface area contributed by atoms with Crippen LogP contribution in [0.5, 0.6) is 0 Å². The van der Waals surface area contributed by atoms with Gasteiger partial charge >= 0.3 is 6.18 Å². The number of carbonyl (C=O) groups is 1. The van der Waals surface area contributed by atoms with Crippen LogP contribution in [0.25, 0.3) is 0 Å². The van der Waals surface area contributed by atoms with Crippen molar-refractivity contribution in [2.24, 2.45) is 4.99 Å². The van der Waals surface area contributed by atoms with Crippen molar-refractivity contribution >= 4 is 35.8 Å². The lowest BCUT2D eigenvalue weighted by Crippen LogP contribution is -2.39. The molecular formula is C13H24F3IN4O. The molecule has 2 N–H and O–H groups in total. The van der Waals surface area contributed by atoms with Crippen molar-refractivity contribution < 1.29 is 18.0 Å². The molecule has 0 bridgehead atoms. The maximum absolute atomic E-state index is 12.1. The predicted molar refractivity (Wildman–Crippen MR) is 90.5 cm³/mol. The fourth-order valence-corrected chi connectivity index (χ4v) is 2.06. The molecule has 1 saturated heterocycles. The number of halogens is 4. The van der Waals surface area contributed by atoms with Crippen molar-refractivity contribution in [1.82, 2.24) is 15.5 Å². The van der Waals surface area contributed by atoms with Crippen LogP contribution < -0.4 is 10.6 Å². The molecule has 1 heterocycles. The summed E-state index contributed by atoms with van der Waals surface area (Å²) in [6.45, 7) is 4.17. The number of aliphatic imine (C=N–C) groups is 1. The number of alkyl halides is 3. The maximum atomic E-state index is 12.1. The van der Waals surface area contributed by atoms with Gasteiger partial charge in [-0.05, 0) is 19.8 Å². The summed E-state index contributed by atoms with van der Waals surface area (Å²) in [6.07, 6.45) is -2.82. The molecule has 1 amide bonds. The van der Waals surface area contributed by atoms with Crippen molar-refractivity contribution in [3.63, 3.8) is 0 Å². The van der Waals surface area contributed by atoms with Crippen LogP contribution in [0, 0.1) is 0 Å². The van der Waals surface area contributed by atoms with Gasteiger partial charge in [0.05, 0.1) is 6.42 Å². The molecule has 1 aliphatic heterocycles. The minimum Gasteiger partial charge on any atom is -0.357 e. The van der Waals surface area contributed by atoms with Gasteiger partial charge in [0.2, 0.25) is 5.91 Å². The molecule has 0 aliphatic carbocycles. The molecule has 0 atom stereocenters. The fraction of sp³-hybridized carbons (Fsp3) is 0.846. The molecule has 1 rings (SSSR count). The van der Waals surface area contributed by atoms with Crippen LogP contribution >= 0.6 is 24.0 Å². The first kappa shape index (κ1) is 21.3. The average molecular weight is 436 g/mol. The normalized spacial score (nSPS) is 15.7. The molecule has 130 valence electrons. The van der Waals surface area contributed by atoms with E-state index in [2.05, 4.69) is 15.6 Å². The van der Waals surface area contributed by atoms with E-state index in [4.69, 9.17) is 0 Å². The molecular weight excluding hydrogens is 412 g/mol. The van der Waals surface area contributed by atoms with E-state index >= 15 is 0 Å². The second-order valence-corrected chi connectivity index (χ2v) is 4.89. The number of amides is 1. The minimum absolute atomic E-state index is 0. The Bertz CT molecular complexity index is 364. The number of hydrogen-bond acceptors (Lipinski definition) is 2. The smallest absolute Gasteiger partial charge is 0.357 e. The van der Waals surface area contributed by atoms with Crippen molar-refractivity contribution in [3.05, 3.63) is 0 Å². The van der Waals surface area contributed by atoms with E-state index in [9.17, 15) is 18.0 Å². The molecule has 9 heteroatoms. The third-order valence-electron chi connectivity index (χ3n) is 3.07. The molecule has 0 aromatic heterocycles. The largest absolute Gasteiger partial charge is 0.390 e. The van der Waals surface area contributed by atoms with Gasteiger partial charge in [-0.25, -0.2) is 0 Å². The van der Waals surface area contributed by atoms with Crippen LogP contribution in [0.4, 0.5) is 13.2 Å². The quantitative estimate of drug-likeness (QED) is 0.278. The molecule has 0 saturated carbocycles. The number of carbonyl (C=O) groups excluding carboxylic acids is 1. The third kappa shape index (κ3) is 9.31. The summed E-state index contributed by atoms with van der Waals surface area (Å²) in [5, 5.41) is 5.55. The highest BCUT2D eigenvalue weighted by atomic mass is 127. The summed E-state index contributed by atoms with van der Waals surface area (Å²) in [6, 6.07) is 0. The number of rotatable bonds is 7. The zero-order valence-electron chi connectivity index (χ0n) is 12.7. The SMILES string of the molecule is CCNC(=NCCCN1CCCC1=O)NCCC(F)(F)F.I. The Kier molecular flexibility index (Phi) is 10.5. The molecule has 22 heavy (non-hydrogen) atoms. The monoisotopic (exact) mass is 436 g/mol. The topological polar surface area (TPSA) is 56.7 Å². The van der Waals surface area contributed by atoms with E-state index in [0.29, 0.717) is 38.4 Å². The number of nitrogens with one attached hydrogen (secondary N) is 2. The molecule has 1 fully saturated rings. The third-order valence-corrected chi connectivity index (χ3v) is 3.07. The van der Waals surface area contributed by atoms with Gasteiger partial charge in [-0.2, -0.15) is 13.2 Å². The van der Waals surface area contributed by atoms with Gasteiger partial charge in [0, 0.05) is 39.1 Å². The molecule has 0 aromatic carbocycles. The molecule has 0 unspecified atom stereocenters. The summed E-state index contributed by atoms with van der Waals surface area (Å²) >= 11 is 0. The standard InChI is InChI=1S/C13H23F3N4O.HI/c1-2-17-12(19-8-6-13(14,15)16)18-7-4-10-20-9-3-5-11(20)21;/h2-10H2,1H3,(H2,17,18,19);1H. The van der Waals surface area contributed by atoms with E-state index in [0.717, 1.165) is 13.0 Å². The highest BCUT2D eigenvalue weighted by Crippen LogP contribution is 2.18. The Morgan fingerprint density at radius 1 is 1.36 bits per heavy atom. The van der Waals surface area contributed by atoms with Crippen LogP contribution in [0.15, 0.2) is 4.99 Å². The summed E-state index contributed by atoms with van der Waals surface area (Å²) < 4.78 is 36.2. The van der Waals surface area contributed by atoms with Crippen molar-refractivity contribution in [3.8, 4) is 0 Å². The zero-order valence-corrected chi connectivity index (χ0v) is 15.0. The number of guanidine groups is 1. The van der Waals surface area contributed by atoms with Gasteiger partial charge in [0.15, 0.2) is 5.96 Å². The first-order chi connectivity index (χ1) is 9.92. The van der Waals surface area contributed by atoms with Gasteiger partial charge in [-0.1, -0.05) is 0 Å². The fourth-order valence-electron chi connectivity index (χ4n) is 2.06. The van der Waals surface area contributed by atoms with Crippen molar-refractivity contribution in [2.45, 2.75) is 38.8 Å². The average Bonchev–Trinajstić information content (AvgIpc) is 2.79. The van der Waals surface area contributed by atoms with E-state index < -0.39 is 12.6 Å². The van der Waals surface area contributed by atoms with E-state index in [1.54, 1.807) is 4.90 Å². The van der Waals surface area contributed by atoms with E-state index in [1.807, 2.05) is 6.92 Å². The first-order valence-corrected chi connectivity index (χ1v) is 7.29. The molecule has 1 aliphatic rings. The molecule has 5 nitrogen and oxygen atoms in total. The van der Waals surface area contributed by atoms with E-state index in [1.165, 1.54) is 0 Å². The van der Waals surface area contributed by atoms with Crippen LogP contribution in [0.2, 0.25) is 0 Å². The van der Waals surface area contributed by atoms with Crippen molar-refractivity contribution in [1.29, 1.82) is 0 Å². The highest BCUT2D eigenvalue weighted by Gasteiger charge is 2.26. The van der Waals surface area contributed by atoms with Gasteiger partial charge in [-0.3, -0.25) is 9.79 Å². The number of hydrogen-bond donors (Lipinski definition) is 2. The van der Waals surface area contributed by atoms with Gasteiger partial charge in [0.25, 0.3) is 0 Å². The lowest BCUT2D eigenvalue weighted by Gasteiger charge is -2.15. The summed E-state index contributed by atoms with van der Waals surface area (Å²) in [5.74, 6) is 0.559. The Morgan fingerprint density at radius 2 is 2.09 bits per heavy atom. The molecule has 0 spiro atoms. The Hall–Kier alpha value is -0.740. The minimum atomic E-state index is -4.17. The van der Waals surface area contributed by atoms with Gasteiger partial charge in [0.1, 0.15) is 0 Å². The Balaban J connectivity index is 0.00000441. The molecule has 0 radical (unpaired) electrons. The maximum Gasteiger partial charge on any atom is 0.390 e. The van der Waals surface area contributed by atoms with Gasteiger partial charge in [-0.15, -0.1) is 24.0 Å². The number of nitrogens with zero attached hydrogens (tertiary/aromatic N) is 2. The van der Waals surface area contributed by atoms with Crippen LogP contribution in [-0.4, -0.2) is 55.7 Å². The second-order valence-electron chi connectivity index (χ2n) is 4.89. The lowest BCUT2D eigenvalue weighted by atomic mass is 10.4. The second kappa shape index (κ2) is 10.9. The Labute approximate surface area is 146 Å². The lowest BCUT2D eigenvalue weighted by molar-refractivity contribution is -0.133. The highest BCUT2D eigenvalue weighted by molar-refractivity contribution is 14.0. The van der Waals surface area contributed by atoms with Crippen LogP contribution in [0.3, 0.4) is 0 Å². The summed E-state index contributed by atoms with van der Waals surface area (Å²) in [4.78, 5) is 17.4. The van der Waals surface area contributed by atoms with Crippen molar-refractivity contribution in [2.75, 3.05) is 32.7 Å². The zero-order chi connectivity index (χ0) is 15.7. The van der Waals surface area contributed by atoms with Crippen LogP contribution in [-0.2, 0) is 4.79 Å². The van der Waals surface area contributed by atoms with Crippen LogP contribution in [0.1, 0.15) is 32.6 Å². The summed E-state index contributed by atoms with van der Waals surface area (Å²) in [7, 11) is 0. The first-order valence-electron chi connectivity index (χ1n) is 7.29. The van der Waals surface area contributed by atoms with E-state index in [-0.39, 0.29) is 36.4 Å².